The van der Waals surface area contributed by atoms with Gasteiger partial charge in [-0.1, -0.05) is 23.7 Å². The van der Waals surface area contributed by atoms with Crippen LogP contribution in [0.1, 0.15) is 59.9 Å². The lowest BCUT2D eigenvalue weighted by atomic mass is 9.80. The highest BCUT2D eigenvalue weighted by molar-refractivity contribution is 7.93. The van der Waals surface area contributed by atoms with Gasteiger partial charge in [-0.25, -0.2) is 17.7 Å². The molecule has 7 rings (SSSR count). The van der Waals surface area contributed by atoms with Crippen LogP contribution in [0.25, 0.3) is 0 Å². The number of fused-ring (bicyclic) bond motifs is 1. The predicted molar refractivity (Wildman–Crippen MR) is 171 cm³/mol. The van der Waals surface area contributed by atoms with E-state index in [1.54, 1.807) is 31.5 Å². The second kappa shape index (κ2) is 11.9. The number of sulfonamides is 1. The standard InChI is InChI=1S/C34H32ClN5O5S/c1-44-31-19-24(22-38-15-2-3-16-38)8-12-27(31)34(39-17-4-5-30(39)32-37-14-18-45-32)28-20-25(35)9-13-29(28)40(33(34)41)46(42,43)26-10-6-23(21-36)7-11-26/h6-14,18-20,30H,2-5,15-17,22H2,1H3/t30-,34?/m0/s1. The molecular formula is C34H32ClN5O5S. The molecule has 3 aliphatic rings. The average molecular weight is 658 g/mol. The Hall–Kier alpha value is -4.21. The molecule has 1 aromatic heterocycles. The number of oxazole rings is 1. The summed E-state index contributed by atoms with van der Waals surface area (Å²) in [7, 11) is -2.88. The van der Waals surface area contributed by atoms with Crippen LogP contribution in [0.3, 0.4) is 0 Å². The Balaban J connectivity index is 1.47. The van der Waals surface area contributed by atoms with Crippen molar-refractivity contribution in [1.82, 2.24) is 14.8 Å². The lowest BCUT2D eigenvalue weighted by molar-refractivity contribution is -0.127. The minimum atomic E-state index is -4.44. The van der Waals surface area contributed by atoms with Gasteiger partial charge in [0.2, 0.25) is 5.89 Å². The molecule has 0 bridgehead atoms. The molecule has 2 atom stereocenters. The highest BCUT2D eigenvalue weighted by Crippen LogP contribution is 2.56. The molecule has 3 aromatic carbocycles. The molecule has 0 N–H and O–H groups in total. The zero-order valence-corrected chi connectivity index (χ0v) is 26.8. The Labute approximate surface area is 272 Å². The zero-order chi connectivity index (χ0) is 32.1. The van der Waals surface area contributed by atoms with Gasteiger partial charge in [0.15, 0.2) is 5.54 Å². The smallest absolute Gasteiger partial charge is 0.271 e. The summed E-state index contributed by atoms with van der Waals surface area (Å²) >= 11 is 6.64. The van der Waals surface area contributed by atoms with E-state index in [-0.39, 0.29) is 10.6 Å². The second-order valence-corrected chi connectivity index (χ2v) is 14.0. The molecule has 4 aromatic rings. The van der Waals surface area contributed by atoms with Crippen molar-refractivity contribution in [3.05, 3.63) is 106 Å². The summed E-state index contributed by atoms with van der Waals surface area (Å²) in [5.41, 5.74) is 0.795. The summed E-state index contributed by atoms with van der Waals surface area (Å²) in [5.74, 6) is 0.219. The van der Waals surface area contributed by atoms with Gasteiger partial charge in [0.1, 0.15) is 12.0 Å². The number of aromatic nitrogens is 1. The first kappa shape index (κ1) is 30.4. The largest absolute Gasteiger partial charge is 0.496 e. The van der Waals surface area contributed by atoms with Gasteiger partial charge in [0.25, 0.3) is 15.9 Å². The first-order valence-electron chi connectivity index (χ1n) is 15.2. The Morgan fingerprint density at radius 1 is 1.04 bits per heavy atom. The molecule has 12 heteroatoms. The van der Waals surface area contributed by atoms with Gasteiger partial charge in [0.05, 0.1) is 41.6 Å². The number of carbonyl (C=O) groups is 1. The number of carbonyl (C=O) groups excluding carboxylic acids is 1. The number of nitrogens with zero attached hydrogens (tertiary/aromatic N) is 5. The number of anilines is 1. The van der Waals surface area contributed by atoms with Crippen molar-refractivity contribution in [1.29, 1.82) is 5.26 Å². The average Bonchev–Trinajstić information content (AvgIpc) is 3.88. The number of methoxy groups -OCH3 is 1. The molecule has 1 unspecified atom stereocenters. The van der Waals surface area contributed by atoms with Gasteiger partial charge in [0, 0.05) is 29.2 Å². The third kappa shape index (κ3) is 4.79. The highest BCUT2D eigenvalue weighted by Gasteiger charge is 2.62. The van der Waals surface area contributed by atoms with Crippen LogP contribution in [0.15, 0.2) is 82.4 Å². The van der Waals surface area contributed by atoms with E-state index >= 15 is 4.79 Å². The molecule has 1 amide bonds. The van der Waals surface area contributed by atoms with E-state index in [1.807, 2.05) is 29.2 Å². The molecular weight excluding hydrogens is 626 g/mol. The van der Waals surface area contributed by atoms with Gasteiger partial charge < -0.3 is 9.15 Å². The number of nitriles is 1. The Morgan fingerprint density at radius 3 is 2.52 bits per heavy atom. The van der Waals surface area contributed by atoms with E-state index in [4.69, 9.17) is 20.8 Å². The summed E-state index contributed by atoms with van der Waals surface area (Å²) in [6, 6.07) is 17.7. The lowest BCUT2D eigenvalue weighted by Crippen LogP contribution is -2.54. The van der Waals surface area contributed by atoms with Crippen LogP contribution in [-0.4, -0.2) is 55.9 Å². The molecule has 0 radical (unpaired) electrons. The molecule has 2 fully saturated rings. The maximum Gasteiger partial charge on any atom is 0.271 e. The first-order chi connectivity index (χ1) is 22.3. The van der Waals surface area contributed by atoms with Crippen molar-refractivity contribution >= 4 is 33.2 Å². The van der Waals surface area contributed by atoms with Gasteiger partial charge in [-0.15, -0.1) is 0 Å². The number of amides is 1. The van der Waals surface area contributed by atoms with E-state index in [2.05, 4.69) is 9.88 Å². The fourth-order valence-electron chi connectivity index (χ4n) is 7.24. The first-order valence-corrected chi connectivity index (χ1v) is 17.1. The predicted octanol–water partition coefficient (Wildman–Crippen LogP) is 5.62. The quantitative estimate of drug-likeness (QED) is 0.238. The molecule has 0 aliphatic carbocycles. The second-order valence-electron chi connectivity index (χ2n) is 11.8. The van der Waals surface area contributed by atoms with E-state index in [0.717, 1.165) is 48.8 Å². The minimum absolute atomic E-state index is 0.116. The number of hydrogen-bond acceptors (Lipinski definition) is 9. The minimum Gasteiger partial charge on any atom is -0.496 e. The van der Waals surface area contributed by atoms with E-state index in [9.17, 15) is 13.7 Å². The van der Waals surface area contributed by atoms with Crippen molar-refractivity contribution in [3.8, 4) is 11.8 Å². The van der Waals surface area contributed by atoms with Crippen LogP contribution in [0, 0.1) is 11.3 Å². The van der Waals surface area contributed by atoms with Crippen LogP contribution < -0.4 is 9.04 Å². The van der Waals surface area contributed by atoms with Crippen molar-refractivity contribution in [2.75, 3.05) is 31.0 Å². The van der Waals surface area contributed by atoms with Crippen molar-refractivity contribution in [2.45, 2.75) is 48.7 Å². The topological polar surface area (TPSA) is 120 Å². The van der Waals surface area contributed by atoms with Crippen LogP contribution in [0.5, 0.6) is 5.75 Å². The maximum atomic E-state index is 15.4. The summed E-state index contributed by atoms with van der Waals surface area (Å²) in [6.45, 7) is 3.23. The van der Waals surface area contributed by atoms with Crippen molar-refractivity contribution < 1.29 is 22.4 Å². The maximum absolute atomic E-state index is 15.4. The molecule has 3 aliphatic heterocycles. The molecule has 2 saturated heterocycles. The molecule has 0 spiro atoms. The molecule has 236 valence electrons. The van der Waals surface area contributed by atoms with Gasteiger partial charge >= 0.3 is 0 Å². The normalized spacial score (nSPS) is 21.9. The van der Waals surface area contributed by atoms with E-state index in [1.165, 1.54) is 30.5 Å². The van der Waals surface area contributed by atoms with Gasteiger partial charge in [-0.2, -0.15) is 5.26 Å². The zero-order valence-electron chi connectivity index (χ0n) is 25.2. The van der Waals surface area contributed by atoms with Crippen molar-refractivity contribution in [3.63, 3.8) is 0 Å². The van der Waals surface area contributed by atoms with Gasteiger partial charge in [-0.05, 0) is 92.9 Å². The van der Waals surface area contributed by atoms with Gasteiger partial charge in [-0.3, -0.25) is 14.6 Å². The van der Waals surface area contributed by atoms with Crippen LogP contribution >= 0.6 is 11.6 Å². The Morgan fingerprint density at radius 2 is 1.83 bits per heavy atom. The summed E-state index contributed by atoms with van der Waals surface area (Å²) in [6.07, 6.45) is 6.74. The third-order valence-corrected chi connectivity index (χ3v) is 11.2. The number of ether oxygens (including phenoxy) is 1. The molecule has 0 saturated carbocycles. The molecule has 4 heterocycles. The molecule has 46 heavy (non-hydrogen) atoms. The third-order valence-electron chi connectivity index (χ3n) is 9.26. The number of rotatable bonds is 8. The number of likely N-dealkylation sites (tertiary alicyclic amines) is 2. The van der Waals surface area contributed by atoms with Crippen LogP contribution in [-0.2, 0) is 26.9 Å². The SMILES string of the molecule is COc1cc(CN2CCCC2)ccc1C1(N2CCC[C@H]2c2ncco2)C(=O)N(S(=O)(=O)c2ccc(C#N)cc2)c2ccc(Cl)cc21. The number of benzene rings is 3. The number of hydrogen-bond donors (Lipinski definition) is 0. The van der Waals surface area contributed by atoms with Crippen molar-refractivity contribution in [2.24, 2.45) is 0 Å². The Kier molecular flexibility index (Phi) is 7.85. The monoisotopic (exact) mass is 657 g/mol. The molecule has 10 nitrogen and oxygen atoms in total. The van der Waals surface area contributed by atoms with E-state index < -0.39 is 27.5 Å². The summed E-state index contributed by atoms with van der Waals surface area (Å²) in [4.78, 5) is 24.1. The highest BCUT2D eigenvalue weighted by atomic mass is 35.5. The number of halogens is 1. The summed E-state index contributed by atoms with van der Waals surface area (Å²) in [5, 5.41) is 9.65. The van der Waals surface area contributed by atoms with E-state index in [0.29, 0.717) is 46.3 Å². The summed E-state index contributed by atoms with van der Waals surface area (Å²) < 4.78 is 41.6. The fraction of sp³-hybridized carbons (Fsp3) is 0.324. The fourth-order valence-corrected chi connectivity index (χ4v) is 8.87. The lowest BCUT2D eigenvalue weighted by Gasteiger charge is -2.41. The van der Waals surface area contributed by atoms with Crippen LogP contribution in [0.2, 0.25) is 5.02 Å². The van der Waals surface area contributed by atoms with Crippen LogP contribution in [0.4, 0.5) is 5.69 Å². The Bertz CT molecular complexity index is 1940.